The third-order valence-electron chi connectivity index (χ3n) is 8.03. The first-order valence-corrected chi connectivity index (χ1v) is 12.8. The third kappa shape index (κ3) is 5.99. The zero-order chi connectivity index (χ0) is 23.2. The largest absolute Gasteiger partial charge is 0.368 e. The van der Waals surface area contributed by atoms with E-state index in [9.17, 15) is 14.4 Å². The Morgan fingerprint density at radius 1 is 1.00 bits per heavy atom. The van der Waals surface area contributed by atoms with Gasteiger partial charge < -0.3 is 15.5 Å². The second-order valence-corrected chi connectivity index (χ2v) is 10.2. The summed E-state index contributed by atoms with van der Waals surface area (Å²) in [6.07, 6.45) is 18.7. The average molecular weight is 455 g/mol. The van der Waals surface area contributed by atoms with E-state index in [4.69, 9.17) is 5.73 Å². The van der Waals surface area contributed by atoms with Crippen molar-refractivity contribution in [2.45, 2.75) is 76.7 Å². The second kappa shape index (κ2) is 11.2. The van der Waals surface area contributed by atoms with Crippen LogP contribution in [0.4, 0.5) is 0 Å². The molecule has 0 aromatic rings. The van der Waals surface area contributed by atoms with Crippen molar-refractivity contribution in [3.63, 3.8) is 0 Å². The SMILES string of the molecule is NC(=O)CN1C=CC=NC=C1C1CC(C2CCN(C3CCCCCCC3)CC2)C(=O)CC1=O. The Balaban J connectivity index is 1.41. The molecule has 2 N–H and O–H groups in total. The standard InChI is InChI=1S/C26H38N4O3/c27-26(33)18-30-12-6-11-28-17-23(30)22-15-21(24(31)16-25(22)32)19-9-13-29(14-10-19)20-7-4-2-1-3-5-8-20/h6,11-12,17,19-22H,1-5,7-10,13-16,18H2,(H2,27,33). The maximum Gasteiger partial charge on any atom is 0.237 e. The molecule has 4 rings (SSSR count). The molecule has 0 bridgehead atoms. The van der Waals surface area contributed by atoms with Gasteiger partial charge in [0.2, 0.25) is 5.91 Å². The lowest BCUT2D eigenvalue weighted by Crippen LogP contribution is -2.46. The predicted molar refractivity (Wildman–Crippen MR) is 128 cm³/mol. The van der Waals surface area contributed by atoms with Crippen molar-refractivity contribution >= 4 is 23.7 Å². The molecule has 2 unspecified atom stereocenters. The van der Waals surface area contributed by atoms with Crippen LogP contribution in [0.1, 0.15) is 70.6 Å². The van der Waals surface area contributed by atoms with E-state index in [0.717, 1.165) is 25.9 Å². The fraction of sp³-hybridized carbons (Fsp3) is 0.692. The molecule has 0 spiro atoms. The Bertz CT molecular complexity index is 817. The normalized spacial score (nSPS) is 28.8. The number of ketones is 2. The topological polar surface area (TPSA) is 96.1 Å². The van der Waals surface area contributed by atoms with Gasteiger partial charge in [-0.05, 0) is 57.2 Å². The number of nitrogens with zero attached hydrogens (tertiary/aromatic N) is 3. The number of primary amides is 1. The van der Waals surface area contributed by atoms with Gasteiger partial charge in [0.05, 0.1) is 12.3 Å². The molecule has 180 valence electrons. The van der Waals surface area contributed by atoms with E-state index in [0.29, 0.717) is 24.1 Å². The quantitative estimate of drug-likeness (QED) is 0.644. The van der Waals surface area contributed by atoms with Crippen LogP contribution in [-0.4, -0.2) is 59.2 Å². The molecule has 4 aliphatic rings. The molecule has 3 fully saturated rings. The number of rotatable bonds is 5. The Morgan fingerprint density at radius 3 is 2.39 bits per heavy atom. The first kappa shape index (κ1) is 23.9. The van der Waals surface area contributed by atoms with Gasteiger partial charge in [-0.15, -0.1) is 0 Å². The van der Waals surface area contributed by atoms with Crippen molar-refractivity contribution in [3.8, 4) is 0 Å². The van der Waals surface area contributed by atoms with Crippen molar-refractivity contribution in [2.75, 3.05) is 19.6 Å². The second-order valence-electron chi connectivity index (χ2n) is 10.2. The number of likely N-dealkylation sites (tertiary alicyclic amines) is 1. The molecule has 2 heterocycles. The van der Waals surface area contributed by atoms with Crippen LogP contribution in [-0.2, 0) is 14.4 Å². The van der Waals surface area contributed by atoms with Crippen LogP contribution < -0.4 is 5.73 Å². The van der Waals surface area contributed by atoms with Crippen molar-refractivity contribution in [3.05, 3.63) is 24.2 Å². The summed E-state index contributed by atoms with van der Waals surface area (Å²) in [6.45, 7) is 2.11. The lowest BCUT2D eigenvalue weighted by molar-refractivity contribution is -0.137. The summed E-state index contributed by atoms with van der Waals surface area (Å²) >= 11 is 0. The summed E-state index contributed by atoms with van der Waals surface area (Å²) in [4.78, 5) is 46.1. The minimum absolute atomic E-state index is 0.00609. The predicted octanol–water partition coefficient (Wildman–Crippen LogP) is 3.20. The molecule has 2 aliphatic heterocycles. The van der Waals surface area contributed by atoms with E-state index in [1.807, 2.05) is 0 Å². The highest BCUT2D eigenvalue weighted by Gasteiger charge is 2.42. The number of carbonyl (C=O) groups is 3. The van der Waals surface area contributed by atoms with Gasteiger partial charge in [-0.2, -0.15) is 0 Å². The first-order valence-electron chi connectivity index (χ1n) is 12.8. The Hall–Kier alpha value is -2.28. The smallest absolute Gasteiger partial charge is 0.237 e. The first-order chi connectivity index (χ1) is 16.0. The van der Waals surface area contributed by atoms with E-state index in [1.54, 1.807) is 29.6 Å². The van der Waals surface area contributed by atoms with Crippen LogP contribution in [0, 0.1) is 17.8 Å². The van der Waals surface area contributed by atoms with E-state index in [2.05, 4.69) is 9.89 Å². The highest BCUT2D eigenvalue weighted by molar-refractivity contribution is 6.04. The lowest BCUT2D eigenvalue weighted by Gasteiger charge is -2.42. The number of allylic oxidation sites excluding steroid dienone is 2. The minimum atomic E-state index is -0.468. The van der Waals surface area contributed by atoms with Gasteiger partial charge in [0.15, 0.2) is 0 Å². The Labute approximate surface area is 197 Å². The number of hydrogen-bond donors (Lipinski definition) is 1. The monoisotopic (exact) mass is 454 g/mol. The molecule has 1 saturated heterocycles. The lowest BCUT2D eigenvalue weighted by atomic mass is 9.69. The van der Waals surface area contributed by atoms with Crippen LogP contribution >= 0.6 is 0 Å². The van der Waals surface area contributed by atoms with Gasteiger partial charge in [-0.3, -0.25) is 19.4 Å². The molecule has 0 radical (unpaired) electrons. The Morgan fingerprint density at radius 2 is 1.70 bits per heavy atom. The summed E-state index contributed by atoms with van der Waals surface area (Å²) in [5.74, 6) is -0.641. The third-order valence-corrected chi connectivity index (χ3v) is 8.03. The summed E-state index contributed by atoms with van der Waals surface area (Å²) in [7, 11) is 0. The zero-order valence-electron chi connectivity index (χ0n) is 19.7. The van der Waals surface area contributed by atoms with Crippen LogP contribution in [0.25, 0.3) is 0 Å². The molecule has 2 saturated carbocycles. The molecule has 2 atom stereocenters. The van der Waals surface area contributed by atoms with E-state index < -0.39 is 11.8 Å². The molecule has 33 heavy (non-hydrogen) atoms. The fourth-order valence-corrected chi connectivity index (χ4v) is 6.24. The molecule has 0 aromatic carbocycles. The van der Waals surface area contributed by atoms with Crippen LogP contribution in [0.5, 0.6) is 0 Å². The summed E-state index contributed by atoms with van der Waals surface area (Å²) < 4.78 is 0. The zero-order valence-corrected chi connectivity index (χ0v) is 19.7. The van der Waals surface area contributed by atoms with Crippen molar-refractivity contribution in [1.82, 2.24) is 9.80 Å². The van der Waals surface area contributed by atoms with Gasteiger partial charge >= 0.3 is 0 Å². The molecular formula is C26H38N4O3. The summed E-state index contributed by atoms with van der Waals surface area (Å²) in [5.41, 5.74) is 6.11. The number of hydrogen-bond acceptors (Lipinski definition) is 6. The number of Topliss-reactive ketones (excluding diaryl/α,β-unsaturated/α-hetero) is 2. The number of carbonyl (C=O) groups excluding carboxylic acids is 3. The number of piperidine rings is 1. The fourth-order valence-electron chi connectivity index (χ4n) is 6.24. The van der Waals surface area contributed by atoms with E-state index in [-0.39, 0.29) is 30.4 Å². The van der Waals surface area contributed by atoms with Crippen molar-refractivity contribution < 1.29 is 14.4 Å². The van der Waals surface area contributed by atoms with Gasteiger partial charge in [0.25, 0.3) is 0 Å². The number of aliphatic imine (C=N–C) groups is 1. The van der Waals surface area contributed by atoms with Gasteiger partial charge in [0.1, 0.15) is 18.1 Å². The summed E-state index contributed by atoms with van der Waals surface area (Å²) in [5, 5.41) is 0. The maximum absolute atomic E-state index is 12.9. The van der Waals surface area contributed by atoms with E-state index in [1.165, 1.54) is 44.9 Å². The van der Waals surface area contributed by atoms with Crippen LogP contribution in [0.3, 0.4) is 0 Å². The molecule has 0 aromatic heterocycles. The van der Waals surface area contributed by atoms with Crippen molar-refractivity contribution in [2.24, 2.45) is 28.5 Å². The van der Waals surface area contributed by atoms with Gasteiger partial charge in [-0.25, -0.2) is 0 Å². The molecule has 2 aliphatic carbocycles. The van der Waals surface area contributed by atoms with Crippen molar-refractivity contribution in [1.29, 1.82) is 0 Å². The molecular weight excluding hydrogens is 416 g/mol. The minimum Gasteiger partial charge on any atom is -0.368 e. The Kier molecular flexibility index (Phi) is 8.12. The summed E-state index contributed by atoms with van der Waals surface area (Å²) in [6, 6.07) is 0.700. The number of amides is 1. The van der Waals surface area contributed by atoms with E-state index >= 15 is 0 Å². The molecule has 7 nitrogen and oxygen atoms in total. The van der Waals surface area contributed by atoms with Crippen LogP contribution in [0.15, 0.2) is 29.2 Å². The van der Waals surface area contributed by atoms with Gasteiger partial charge in [0, 0.05) is 36.3 Å². The van der Waals surface area contributed by atoms with Crippen LogP contribution in [0.2, 0.25) is 0 Å². The number of nitrogens with two attached hydrogens (primary N) is 1. The van der Waals surface area contributed by atoms with Gasteiger partial charge in [-0.1, -0.05) is 32.1 Å². The molecule has 7 heteroatoms. The maximum atomic E-state index is 12.9. The highest BCUT2D eigenvalue weighted by atomic mass is 16.2. The highest BCUT2D eigenvalue weighted by Crippen LogP contribution is 2.39. The average Bonchev–Trinajstić information content (AvgIpc) is 2.99. The molecule has 1 amide bonds.